The molecular weight excluding hydrogens is 264 g/mol. The van der Waals surface area contributed by atoms with Crippen molar-refractivity contribution in [3.63, 3.8) is 0 Å². The molecule has 2 rings (SSSR count). The fourth-order valence-corrected chi connectivity index (χ4v) is 2.79. The number of rotatable bonds is 8. The first-order valence-electron chi connectivity index (χ1n) is 8.23. The minimum atomic E-state index is -0.232. The summed E-state index contributed by atoms with van der Waals surface area (Å²) in [5, 5.41) is 0. The van der Waals surface area contributed by atoms with Gasteiger partial charge >= 0.3 is 0 Å². The molecule has 0 amide bonds. The van der Waals surface area contributed by atoms with Crippen LogP contribution in [-0.2, 0) is 20.6 Å². The fourth-order valence-electron chi connectivity index (χ4n) is 2.79. The smallest absolute Gasteiger partial charge is 0.183 e. The molecule has 0 radical (unpaired) electrons. The van der Waals surface area contributed by atoms with Crippen molar-refractivity contribution < 1.29 is 14.2 Å². The van der Waals surface area contributed by atoms with Crippen LogP contribution >= 0.6 is 0 Å². The molecule has 1 aliphatic rings. The Labute approximate surface area is 128 Å². The fraction of sp³-hybridized carbons (Fsp3) is 0.667. The Morgan fingerprint density at radius 2 is 1.67 bits per heavy atom. The summed E-state index contributed by atoms with van der Waals surface area (Å²) in [6.45, 7) is 7.19. The third-order valence-electron chi connectivity index (χ3n) is 4.07. The zero-order valence-electron chi connectivity index (χ0n) is 13.3. The van der Waals surface area contributed by atoms with Crippen LogP contribution in [0.25, 0.3) is 0 Å². The number of benzene rings is 1. The van der Waals surface area contributed by atoms with Crippen LogP contribution in [0.1, 0.15) is 50.5 Å². The van der Waals surface area contributed by atoms with E-state index in [-0.39, 0.29) is 6.29 Å². The van der Waals surface area contributed by atoms with E-state index in [0.29, 0.717) is 13.2 Å². The largest absolute Gasteiger partial charge is 0.381 e. The van der Waals surface area contributed by atoms with Gasteiger partial charge in [-0.1, -0.05) is 24.3 Å². The number of hydrogen-bond acceptors (Lipinski definition) is 3. The molecule has 0 unspecified atom stereocenters. The Kier molecular flexibility index (Phi) is 7.20. The summed E-state index contributed by atoms with van der Waals surface area (Å²) in [6.07, 6.45) is 4.62. The van der Waals surface area contributed by atoms with Crippen molar-refractivity contribution in [3.05, 3.63) is 35.4 Å². The van der Waals surface area contributed by atoms with E-state index in [1.807, 2.05) is 13.8 Å². The predicted molar refractivity (Wildman–Crippen MR) is 84.3 cm³/mol. The maximum absolute atomic E-state index is 5.63. The van der Waals surface area contributed by atoms with Crippen molar-refractivity contribution in [2.75, 3.05) is 26.4 Å². The van der Waals surface area contributed by atoms with Crippen LogP contribution in [0.3, 0.4) is 0 Å². The van der Waals surface area contributed by atoms with Gasteiger partial charge in [-0.2, -0.15) is 0 Å². The van der Waals surface area contributed by atoms with Gasteiger partial charge in [0.05, 0.1) is 0 Å². The third-order valence-corrected chi connectivity index (χ3v) is 4.07. The van der Waals surface area contributed by atoms with Gasteiger partial charge in [-0.05, 0) is 51.0 Å². The highest BCUT2D eigenvalue weighted by molar-refractivity contribution is 5.23. The Morgan fingerprint density at radius 1 is 1.05 bits per heavy atom. The number of ether oxygens (including phenoxy) is 3. The van der Waals surface area contributed by atoms with E-state index >= 15 is 0 Å². The normalized spacial score (nSPS) is 16.5. The molecule has 1 heterocycles. The lowest BCUT2D eigenvalue weighted by molar-refractivity contribution is -0.140. The lowest BCUT2D eigenvalue weighted by Gasteiger charge is -2.22. The molecule has 0 atom stereocenters. The van der Waals surface area contributed by atoms with E-state index in [4.69, 9.17) is 14.2 Å². The first-order valence-corrected chi connectivity index (χ1v) is 8.23. The molecule has 1 aromatic carbocycles. The highest BCUT2D eigenvalue weighted by Gasteiger charge is 2.14. The van der Waals surface area contributed by atoms with Gasteiger partial charge in [-0.15, -0.1) is 0 Å². The number of aryl methyl sites for hydroxylation is 1. The van der Waals surface area contributed by atoms with Gasteiger partial charge in [0.2, 0.25) is 0 Å². The summed E-state index contributed by atoms with van der Waals surface area (Å²) in [7, 11) is 0. The summed E-state index contributed by atoms with van der Waals surface area (Å²) in [5.41, 5.74) is 2.51. The highest BCUT2D eigenvalue weighted by Crippen LogP contribution is 2.23. The van der Waals surface area contributed by atoms with Gasteiger partial charge in [0.15, 0.2) is 6.29 Å². The molecule has 0 aromatic heterocycles. The van der Waals surface area contributed by atoms with Crippen LogP contribution in [0.2, 0.25) is 0 Å². The molecular formula is C18H28O3. The Bertz CT molecular complexity index is 376. The Morgan fingerprint density at radius 3 is 2.24 bits per heavy atom. The van der Waals surface area contributed by atoms with Crippen molar-refractivity contribution in [2.45, 2.75) is 45.8 Å². The summed E-state index contributed by atoms with van der Waals surface area (Å²) >= 11 is 0. The molecule has 0 bridgehead atoms. The first kappa shape index (κ1) is 16.5. The molecule has 1 aliphatic heterocycles. The highest BCUT2D eigenvalue weighted by atomic mass is 16.7. The molecule has 0 spiro atoms. The zero-order chi connectivity index (χ0) is 14.9. The van der Waals surface area contributed by atoms with Gasteiger partial charge in [-0.25, -0.2) is 0 Å². The minimum absolute atomic E-state index is 0.232. The van der Waals surface area contributed by atoms with Crippen molar-refractivity contribution in [1.82, 2.24) is 0 Å². The number of hydrogen-bond donors (Lipinski definition) is 0. The van der Waals surface area contributed by atoms with Crippen LogP contribution in [0.5, 0.6) is 0 Å². The molecule has 21 heavy (non-hydrogen) atoms. The lowest BCUT2D eigenvalue weighted by Crippen LogP contribution is -2.16. The first-order chi connectivity index (χ1) is 10.3. The molecule has 1 fully saturated rings. The maximum atomic E-state index is 5.63. The molecule has 0 aliphatic carbocycles. The average molecular weight is 292 g/mol. The van der Waals surface area contributed by atoms with Crippen LogP contribution in [0.15, 0.2) is 24.3 Å². The quantitative estimate of drug-likeness (QED) is 0.675. The Balaban J connectivity index is 1.85. The summed E-state index contributed by atoms with van der Waals surface area (Å²) < 4.78 is 16.7. The summed E-state index contributed by atoms with van der Waals surface area (Å²) in [6, 6.07) is 8.68. The van der Waals surface area contributed by atoms with Gasteiger partial charge in [0.25, 0.3) is 0 Å². The zero-order valence-corrected chi connectivity index (χ0v) is 13.3. The van der Waals surface area contributed by atoms with Crippen LogP contribution < -0.4 is 0 Å². The van der Waals surface area contributed by atoms with Crippen molar-refractivity contribution >= 4 is 0 Å². The average Bonchev–Trinajstić information content (AvgIpc) is 2.54. The molecule has 1 aromatic rings. The second kappa shape index (κ2) is 9.19. The topological polar surface area (TPSA) is 27.7 Å². The van der Waals surface area contributed by atoms with Crippen LogP contribution in [0.4, 0.5) is 0 Å². The summed E-state index contributed by atoms with van der Waals surface area (Å²) in [5.74, 6) is 0.832. The van der Waals surface area contributed by atoms with E-state index in [0.717, 1.165) is 31.1 Å². The van der Waals surface area contributed by atoms with Gasteiger partial charge in [0, 0.05) is 32.0 Å². The summed E-state index contributed by atoms with van der Waals surface area (Å²) in [4.78, 5) is 0. The van der Waals surface area contributed by atoms with Gasteiger partial charge in [-0.3, -0.25) is 0 Å². The third kappa shape index (κ3) is 5.42. The molecule has 0 N–H and O–H groups in total. The van der Waals surface area contributed by atoms with Crippen molar-refractivity contribution in [1.29, 1.82) is 0 Å². The van der Waals surface area contributed by atoms with Crippen molar-refractivity contribution in [2.24, 2.45) is 5.92 Å². The lowest BCUT2D eigenvalue weighted by atomic mass is 9.92. The standard InChI is InChI=1S/C18H28O3/c1-3-20-18(21-4-2)17-9-7-15(8-10-17)5-6-16-11-13-19-14-12-16/h7-10,16,18H,3-6,11-14H2,1-2H3. The van der Waals surface area contributed by atoms with Crippen molar-refractivity contribution in [3.8, 4) is 0 Å². The molecule has 118 valence electrons. The Hall–Kier alpha value is -0.900. The molecule has 3 nitrogen and oxygen atoms in total. The van der Waals surface area contributed by atoms with Gasteiger partial charge < -0.3 is 14.2 Å². The SMILES string of the molecule is CCOC(OCC)c1ccc(CCC2CCOCC2)cc1. The minimum Gasteiger partial charge on any atom is -0.381 e. The molecule has 3 heteroatoms. The monoisotopic (exact) mass is 292 g/mol. The van der Waals surface area contributed by atoms with E-state index in [1.165, 1.54) is 24.8 Å². The van der Waals surface area contributed by atoms with Crippen LogP contribution in [0, 0.1) is 5.92 Å². The van der Waals surface area contributed by atoms with Gasteiger partial charge in [0.1, 0.15) is 0 Å². The molecule has 0 saturated carbocycles. The van der Waals surface area contributed by atoms with E-state index < -0.39 is 0 Å². The van der Waals surface area contributed by atoms with E-state index in [1.54, 1.807) is 0 Å². The molecule has 1 saturated heterocycles. The van der Waals surface area contributed by atoms with E-state index in [2.05, 4.69) is 24.3 Å². The van der Waals surface area contributed by atoms with E-state index in [9.17, 15) is 0 Å². The maximum Gasteiger partial charge on any atom is 0.183 e. The predicted octanol–water partition coefficient (Wildman–Crippen LogP) is 4.12. The second-order valence-electron chi connectivity index (χ2n) is 5.58. The van der Waals surface area contributed by atoms with Crippen LogP contribution in [-0.4, -0.2) is 26.4 Å². The second-order valence-corrected chi connectivity index (χ2v) is 5.58.